The van der Waals surface area contributed by atoms with Gasteiger partial charge in [0.2, 0.25) is 0 Å². The van der Waals surface area contributed by atoms with Crippen molar-refractivity contribution >= 4 is 17.3 Å². The van der Waals surface area contributed by atoms with Gasteiger partial charge < -0.3 is 10.4 Å². The number of alkyl halides is 3. The van der Waals surface area contributed by atoms with E-state index in [2.05, 4.69) is 16.9 Å². The van der Waals surface area contributed by atoms with Gasteiger partial charge in [0.1, 0.15) is 17.1 Å². The van der Waals surface area contributed by atoms with Gasteiger partial charge in [-0.05, 0) is 36.2 Å². The predicted octanol–water partition coefficient (Wildman–Crippen LogP) is 4.41. The van der Waals surface area contributed by atoms with E-state index in [-0.39, 0.29) is 17.8 Å². The van der Waals surface area contributed by atoms with Crippen LogP contribution in [0.15, 0.2) is 43.1 Å². The van der Waals surface area contributed by atoms with Crippen molar-refractivity contribution in [3.05, 3.63) is 65.8 Å². The number of aromatic nitrogens is 1. The van der Waals surface area contributed by atoms with Crippen molar-refractivity contribution in [3.63, 3.8) is 0 Å². The maximum absolute atomic E-state index is 13.3. The molecule has 0 saturated carbocycles. The first-order valence-corrected chi connectivity index (χ1v) is 6.69. The lowest BCUT2D eigenvalue weighted by Crippen LogP contribution is -2.12. The molecule has 1 aromatic carbocycles. The molecule has 0 fully saturated rings. The number of anilines is 2. The van der Waals surface area contributed by atoms with E-state index in [1.807, 2.05) is 0 Å². The third-order valence-electron chi connectivity index (χ3n) is 3.13. The van der Waals surface area contributed by atoms with Crippen LogP contribution in [0.2, 0.25) is 0 Å². The van der Waals surface area contributed by atoms with E-state index in [9.17, 15) is 22.4 Å². The van der Waals surface area contributed by atoms with Gasteiger partial charge in [0, 0.05) is 11.9 Å². The second-order valence-electron chi connectivity index (χ2n) is 4.84. The molecule has 2 rings (SSSR count). The SMILES string of the molecule is C=CCc1cc(F)ccc1Nc1cc(C(F)(F)F)ncc1C(=O)O. The number of benzene rings is 1. The van der Waals surface area contributed by atoms with Gasteiger partial charge in [-0.15, -0.1) is 6.58 Å². The van der Waals surface area contributed by atoms with Gasteiger partial charge >= 0.3 is 12.1 Å². The third-order valence-corrected chi connectivity index (χ3v) is 3.13. The minimum atomic E-state index is -4.72. The lowest BCUT2D eigenvalue weighted by Gasteiger charge is -2.15. The summed E-state index contributed by atoms with van der Waals surface area (Å²) in [6.45, 7) is 3.52. The van der Waals surface area contributed by atoms with Crippen LogP contribution in [0.3, 0.4) is 0 Å². The summed E-state index contributed by atoms with van der Waals surface area (Å²) in [7, 11) is 0. The summed E-state index contributed by atoms with van der Waals surface area (Å²) >= 11 is 0. The van der Waals surface area contributed by atoms with Gasteiger partial charge in [-0.3, -0.25) is 4.98 Å². The van der Waals surface area contributed by atoms with Crippen LogP contribution < -0.4 is 5.32 Å². The number of allylic oxidation sites excluding steroid dienone is 1. The number of carbonyl (C=O) groups is 1. The highest BCUT2D eigenvalue weighted by Crippen LogP contribution is 2.32. The average molecular weight is 340 g/mol. The van der Waals surface area contributed by atoms with Crippen molar-refractivity contribution in [2.45, 2.75) is 12.6 Å². The fourth-order valence-corrected chi connectivity index (χ4v) is 2.04. The van der Waals surface area contributed by atoms with Crippen molar-refractivity contribution in [2.24, 2.45) is 0 Å². The van der Waals surface area contributed by atoms with Crippen LogP contribution in [-0.4, -0.2) is 16.1 Å². The molecule has 0 saturated heterocycles. The molecule has 1 aromatic heterocycles. The maximum atomic E-state index is 13.3. The lowest BCUT2D eigenvalue weighted by molar-refractivity contribution is -0.141. The largest absolute Gasteiger partial charge is 0.478 e. The van der Waals surface area contributed by atoms with Crippen LogP contribution >= 0.6 is 0 Å². The summed E-state index contributed by atoms with van der Waals surface area (Å²) in [6, 6.07) is 4.22. The minimum absolute atomic E-state index is 0.250. The van der Waals surface area contributed by atoms with E-state index in [0.717, 1.165) is 6.07 Å². The molecule has 4 nitrogen and oxygen atoms in total. The van der Waals surface area contributed by atoms with Crippen molar-refractivity contribution in [2.75, 3.05) is 5.32 Å². The molecular weight excluding hydrogens is 328 g/mol. The van der Waals surface area contributed by atoms with E-state index in [0.29, 0.717) is 17.8 Å². The Morgan fingerprint density at radius 2 is 2.00 bits per heavy atom. The Morgan fingerprint density at radius 1 is 1.29 bits per heavy atom. The van der Waals surface area contributed by atoms with E-state index in [1.165, 1.54) is 18.2 Å². The van der Waals surface area contributed by atoms with Gasteiger partial charge in [0.15, 0.2) is 0 Å². The fourth-order valence-electron chi connectivity index (χ4n) is 2.04. The number of carboxylic acids is 1. The van der Waals surface area contributed by atoms with Crippen LogP contribution in [0.5, 0.6) is 0 Å². The van der Waals surface area contributed by atoms with Crippen LogP contribution in [0.25, 0.3) is 0 Å². The molecular formula is C16H12F4N2O2. The summed E-state index contributed by atoms with van der Waals surface area (Å²) in [4.78, 5) is 14.3. The van der Waals surface area contributed by atoms with Gasteiger partial charge in [-0.25, -0.2) is 9.18 Å². The Morgan fingerprint density at radius 3 is 2.58 bits per heavy atom. The van der Waals surface area contributed by atoms with Crippen molar-refractivity contribution < 1.29 is 27.5 Å². The van der Waals surface area contributed by atoms with Crippen molar-refractivity contribution in [3.8, 4) is 0 Å². The molecule has 0 unspecified atom stereocenters. The summed E-state index contributed by atoms with van der Waals surface area (Å²) in [5, 5.41) is 11.7. The molecule has 8 heteroatoms. The summed E-state index contributed by atoms with van der Waals surface area (Å²) in [6.07, 6.45) is -2.35. The number of hydrogen-bond donors (Lipinski definition) is 2. The zero-order valence-electron chi connectivity index (χ0n) is 12.2. The quantitative estimate of drug-likeness (QED) is 0.625. The first-order valence-electron chi connectivity index (χ1n) is 6.69. The third kappa shape index (κ3) is 3.89. The fraction of sp³-hybridized carbons (Fsp3) is 0.125. The number of nitrogens with zero attached hydrogens (tertiary/aromatic N) is 1. The molecule has 24 heavy (non-hydrogen) atoms. The van der Waals surface area contributed by atoms with Gasteiger partial charge in [0.25, 0.3) is 0 Å². The minimum Gasteiger partial charge on any atom is -0.478 e. The van der Waals surface area contributed by atoms with Crippen LogP contribution in [0, 0.1) is 5.82 Å². The van der Waals surface area contributed by atoms with E-state index >= 15 is 0 Å². The first kappa shape index (κ1) is 17.5. The monoisotopic (exact) mass is 340 g/mol. The Bertz CT molecular complexity index is 788. The molecule has 126 valence electrons. The number of halogens is 4. The number of rotatable bonds is 5. The Kier molecular flexibility index (Phi) is 4.87. The average Bonchev–Trinajstić information content (AvgIpc) is 2.49. The van der Waals surface area contributed by atoms with E-state index in [4.69, 9.17) is 5.11 Å². The Labute approximate surface area is 134 Å². The number of aromatic carboxylic acids is 1. The van der Waals surface area contributed by atoms with Crippen molar-refractivity contribution in [1.29, 1.82) is 0 Å². The number of hydrogen-bond acceptors (Lipinski definition) is 3. The molecule has 0 radical (unpaired) electrons. The molecule has 2 N–H and O–H groups in total. The van der Waals surface area contributed by atoms with E-state index < -0.39 is 29.2 Å². The smallest absolute Gasteiger partial charge is 0.433 e. The molecule has 2 aromatic rings. The topological polar surface area (TPSA) is 62.2 Å². The molecule has 0 atom stereocenters. The molecule has 1 heterocycles. The molecule has 0 aliphatic carbocycles. The first-order chi connectivity index (χ1) is 11.2. The highest BCUT2D eigenvalue weighted by atomic mass is 19.4. The van der Waals surface area contributed by atoms with E-state index in [1.54, 1.807) is 0 Å². The molecule has 0 aliphatic rings. The predicted molar refractivity (Wildman–Crippen MR) is 79.8 cm³/mol. The standard InChI is InChI=1S/C16H12F4N2O2/c1-2-3-9-6-10(17)4-5-12(9)22-13-7-14(16(18,19)20)21-8-11(13)15(23)24/h2,4-8H,1,3H2,(H,21,22)(H,23,24). The molecule has 0 amide bonds. The summed E-state index contributed by atoms with van der Waals surface area (Å²) < 4.78 is 51.7. The molecule has 0 spiro atoms. The van der Waals surface area contributed by atoms with Gasteiger partial charge in [-0.1, -0.05) is 6.08 Å². The Hall–Kier alpha value is -2.90. The van der Waals surface area contributed by atoms with Crippen LogP contribution in [0.4, 0.5) is 28.9 Å². The summed E-state index contributed by atoms with van der Waals surface area (Å²) in [5.41, 5.74) is -1.26. The second-order valence-corrected chi connectivity index (χ2v) is 4.84. The zero-order valence-corrected chi connectivity index (χ0v) is 12.2. The highest BCUT2D eigenvalue weighted by Gasteiger charge is 2.33. The second kappa shape index (κ2) is 6.69. The van der Waals surface area contributed by atoms with Crippen molar-refractivity contribution in [1.82, 2.24) is 4.98 Å². The normalized spacial score (nSPS) is 11.2. The Balaban J connectivity index is 2.52. The number of pyridine rings is 1. The zero-order chi connectivity index (χ0) is 17.9. The highest BCUT2D eigenvalue weighted by molar-refractivity contribution is 5.95. The van der Waals surface area contributed by atoms with Gasteiger partial charge in [0.05, 0.1) is 5.69 Å². The number of carboxylic acid groups (broad SMARTS) is 1. The molecule has 0 aliphatic heterocycles. The number of nitrogens with one attached hydrogen (secondary N) is 1. The van der Waals surface area contributed by atoms with Crippen LogP contribution in [-0.2, 0) is 12.6 Å². The van der Waals surface area contributed by atoms with Crippen LogP contribution in [0.1, 0.15) is 21.6 Å². The van der Waals surface area contributed by atoms with Gasteiger partial charge in [-0.2, -0.15) is 13.2 Å². The summed E-state index contributed by atoms with van der Waals surface area (Å²) in [5.74, 6) is -1.97. The molecule has 0 bridgehead atoms. The lowest BCUT2D eigenvalue weighted by atomic mass is 10.1. The maximum Gasteiger partial charge on any atom is 0.433 e.